The average Bonchev–Trinajstić information content (AvgIpc) is 3.07. The third kappa shape index (κ3) is 4.52. The summed E-state index contributed by atoms with van der Waals surface area (Å²) in [7, 11) is 1.64. The Hall–Kier alpha value is -3.58. The molecule has 1 amide bonds. The van der Waals surface area contributed by atoms with E-state index in [-0.39, 0.29) is 12.3 Å². The number of amides is 1. The van der Waals surface area contributed by atoms with E-state index in [0.29, 0.717) is 21.3 Å². The molecule has 0 aliphatic carbocycles. The number of rotatable bonds is 5. The zero-order valence-corrected chi connectivity index (χ0v) is 16.9. The third-order valence-electron chi connectivity index (χ3n) is 4.54. The maximum absolute atomic E-state index is 12.3. The lowest BCUT2D eigenvalue weighted by Gasteiger charge is -2.03. The number of amidine groups is 1. The largest absolute Gasteiger partial charge is 0.497 e. The minimum atomic E-state index is -0.879. The number of aliphatic carboxylic acids is 1. The van der Waals surface area contributed by atoms with Crippen LogP contribution in [0.25, 0.3) is 16.8 Å². The Morgan fingerprint density at radius 1 is 1.10 bits per heavy atom. The molecule has 4 rings (SSSR count). The molecule has 1 aliphatic heterocycles. The van der Waals surface area contributed by atoms with E-state index in [1.807, 2.05) is 42.5 Å². The van der Waals surface area contributed by atoms with Crippen molar-refractivity contribution in [1.82, 2.24) is 5.32 Å². The molecule has 3 aromatic rings. The summed E-state index contributed by atoms with van der Waals surface area (Å²) >= 11 is 1.27. The van der Waals surface area contributed by atoms with Crippen molar-refractivity contribution in [1.29, 1.82) is 0 Å². The number of carboxylic acid groups (broad SMARTS) is 1. The van der Waals surface area contributed by atoms with E-state index in [1.165, 1.54) is 11.8 Å². The Labute approximate surface area is 177 Å². The van der Waals surface area contributed by atoms with Gasteiger partial charge in [0.05, 0.1) is 24.1 Å². The highest BCUT2D eigenvalue weighted by molar-refractivity contribution is 8.18. The number of nitrogens with one attached hydrogen (secondary N) is 1. The Kier molecular flexibility index (Phi) is 5.54. The molecule has 30 heavy (non-hydrogen) atoms. The number of fused-ring (bicyclic) bond motifs is 1. The summed E-state index contributed by atoms with van der Waals surface area (Å²) in [6.07, 6.45) is 1.80. The topological polar surface area (TPSA) is 88.0 Å². The van der Waals surface area contributed by atoms with E-state index in [9.17, 15) is 9.59 Å². The molecule has 3 aromatic carbocycles. The van der Waals surface area contributed by atoms with Gasteiger partial charge in [0.15, 0.2) is 5.17 Å². The predicted octanol–water partition coefficient (Wildman–Crippen LogP) is 4.37. The van der Waals surface area contributed by atoms with Crippen LogP contribution in [0.3, 0.4) is 0 Å². The van der Waals surface area contributed by atoms with Crippen molar-refractivity contribution in [2.24, 2.45) is 4.99 Å². The van der Waals surface area contributed by atoms with Crippen LogP contribution in [0.15, 0.2) is 70.6 Å². The average molecular weight is 418 g/mol. The van der Waals surface area contributed by atoms with Crippen molar-refractivity contribution in [2.75, 3.05) is 7.11 Å². The molecule has 7 heteroatoms. The first kappa shape index (κ1) is 19.7. The fourth-order valence-corrected chi connectivity index (χ4v) is 3.91. The first-order valence-electron chi connectivity index (χ1n) is 9.18. The summed E-state index contributed by atoms with van der Waals surface area (Å²) in [5, 5.41) is 14.2. The maximum Gasteiger partial charge on any atom is 0.307 e. The predicted molar refractivity (Wildman–Crippen MR) is 119 cm³/mol. The van der Waals surface area contributed by atoms with Gasteiger partial charge in [-0.05, 0) is 70.1 Å². The Bertz CT molecular complexity index is 1200. The molecule has 150 valence electrons. The van der Waals surface area contributed by atoms with E-state index < -0.39 is 5.97 Å². The third-order valence-corrected chi connectivity index (χ3v) is 5.45. The fourth-order valence-electron chi connectivity index (χ4n) is 3.07. The molecular formula is C23H18N2O4S. The SMILES string of the molecule is COc1ccc2cc(/C=C3\SC(=Nc4ccc(CC(=O)O)cc4)NC3=O)ccc2c1. The minimum absolute atomic E-state index is 0.0340. The maximum atomic E-state index is 12.3. The number of carbonyl (C=O) groups excluding carboxylic acids is 1. The van der Waals surface area contributed by atoms with Crippen molar-refractivity contribution in [3.05, 3.63) is 76.7 Å². The number of carboxylic acids is 1. The van der Waals surface area contributed by atoms with Gasteiger partial charge in [-0.25, -0.2) is 4.99 Å². The molecule has 1 aliphatic rings. The number of ether oxygens (including phenoxy) is 1. The van der Waals surface area contributed by atoms with Gasteiger partial charge in [-0.15, -0.1) is 0 Å². The smallest absolute Gasteiger partial charge is 0.307 e. The van der Waals surface area contributed by atoms with Crippen LogP contribution in [0.1, 0.15) is 11.1 Å². The van der Waals surface area contributed by atoms with Gasteiger partial charge in [0, 0.05) is 0 Å². The van der Waals surface area contributed by atoms with Crippen molar-refractivity contribution in [3.63, 3.8) is 0 Å². The molecule has 0 atom stereocenters. The number of thioether (sulfide) groups is 1. The van der Waals surface area contributed by atoms with Crippen LogP contribution in [0.5, 0.6) is 5.75 Å². The summed E-state index contributed by atoms with van der Waals surface area (Å²) in [6, 6.07) is 18.7. The lowest BCUT2D eigenvalue weighted by atomic mass is 10.1. The molecule has 1 fully saturated rings. The van der Waals surface area contributed by atoms with Gasteiger partial charge < -0.3 is 15.2 Å². The van der Waals surface area contributed by atoms with E-state index in [0.717, 1.165) is 22.1 Å². The molecule has 0 aromatic heterocycles. The van der Waals surface area contributed by atoms with Crippen LogP contribution in [0.4, 0.5) is 5.69 Å². The first-order chi connectivity index (χ1) is 14.5. The number of hydrogen-bond acceptors (Lipinski definition) is 5. The summed E-state index contributed by atoms with van der Waals surface area (Å²) in [5.74, 6) is -0.275. The van der Waals surface area contributed by atoms with E-state index in [1.54, 1.807) is 31.4 Å². The molecule has 0 radical (unpaired) electrons. The van der Waals surface area contributed by atoms with Crippen molar-refractivity contribution in [3.8, 4) is 5.75 Å². The highest BCUT2D eigenvalue weighted by atomic mass is 32.2. The van der Waals surface area contributed by atoms with Crippen molar-refractivity contribution >= 4 is 51.3 Å². The Morgan fingerprint density at radius 3 is 2.57 bits per heavy atom. The van der Waals surface area contributed by atoms with Gasteiger partial charge >= 0.3 is 5.97 Å². The van der Waals surface area contributed by atoms with Crippen LogP contribution >= 0.6 is 11.8 Å². The van der Waals surface area contributed by atoms with Gasteiger partial charge in [0.1, 0.15) is 5.75 Å². The Morgan fingerprint density at radius 2 is 1.83 bits per heavy atom. The van der Waals surface area contributed by atoms with E-state index in [2.05, 4.69) is 10.3 Å². The second-order valence-electron chi connectivity index (χ2n) is 6.69. The number of nitrogens with zero attached hydrogens (tertiary/aromatic N) is 1. The highest BCUT2D eigenvalue weighted by Gasteiger charge is 2.23. The monoisotopic (exact) mass is 418 g/mol. The number of hydrogen-bond donors (Lipinski definition) is 2. The summed E-state index contributed by atoms with van der Waals surface area (Å²) in [6.45, 7) is 0. The number of methoxy groups -OCH3 is 1. The van der Waals surface area contributed by atoms with Gasteiger partial charge in [-0.3, -0.25) is 9.59 Å². The standard InChI is InChI=1S/C23H18N2O4S/c1-29-19-9-6-16-10-15(2-5-17(16)13-19)11-20-22(28)25-23(30-20)24-18-7-3-14(4-8-18)12-21(26)27/h2-11,13H,12H2,1H3,(H,26,27)(H,24,25,28)/b20-11-. The van der Waals surface area contributed by atoms with Gasteiger partial charge in [-0.1, -0.05) is 30.3 Å². The molecule has 1 saturated heterocycles. The molecule has 0 bridgehead atoms. The number of benzene rings is 3. The van der Waals surface area contributed by atoms with Gasteiger partial charge in [-0.2, -0.15) is 0 Å². The molecule has 0 unspecified atom stereocenters. The zero-order valence-electron chi connectivity index (χ0n) is 16.1. The van der Waals surface area contributed by atoms with Crippen LogP contribution in [-0.4, -0.2) is 29.3 Å². The highest BCUT2D eigenvalue weighted by Crippen LogP contribution is 2.29. The van der Waals surface area contributed by atoms with Crippen LogP contribution < -0.4 is 10.1 Å². The minimum Gasteiger partial charge on any atom is -0.497 e. The second kappa shape index (κ2) is 8.42. The first-order valence-corrected chi connectivity index (χ1v) is 10.00. The van der Waals surface area contributed by atoms with Crippen LogP contribution in [0, 0.1) is 0 Å². The van der Waals surface area contributed by atoms with Gasteiger partial charge in [0.25, 0.3) is 5.91 Å². The zero-order chi connectivity index (χ0) is 21.1. The molecule has 6 nitrogen and oxygen atoms in total. The second-order valence-corrected chi connectivity index (χ2v) is 7.72. The van der Waals surface area contributed by atoms with Crippen LogP contribution in [0.2, 0.25) is 0 Å². The van der Waals surface area contributed by atoms with Crippen LogP contribution in [-0.2, 0) is 16.0 Å². The van der Waals surface area contributed by atoms with Crippen molar-refractivity contribution in [2.45, 2.75) is 6.42 Å². The molecule has 0 spiro atoms. The summed E-state index contributed by atoms with van der Waals surface area (Å²) in [5.41, 5.74) is 2.27. The Balaban J connectivity index is 1.52. The van der Waals surface area contributed by atoms with Gasteiger partial charge in [0.2, 0.25) is 0 Å². The number of carbonyl (C=O) groups is 2. The van der Waals surface area contributed by atoms with Crippen molar-refractivity contribution < 1.29 is 19.4 Å². The quantitative estimate of drug-likeness (QED) is 0.601. The van der Waals surface area contributed by atoms with E-state index >= 15 is 0 Å². The molecule has 0 saturated carbocycles. The van der Waals surface area contributed by atoms with E-state index in [4.69, 9.17) is 9.84 Å². The fraction of sp³-hybridized carbons (Fsp3) is 0.0870. The normalized spacial score (nSPS) is 16.2. The summed E-state index contributed by atoms with van der Waals surface area (Å²) in [4.78, 5) is 28.1. The lowest BCUT2D eigenvalue weighted by molar-refractivity contribution is -0.136. The molecule has 1 heterocycles. The molecular weight excluding hydrogens is 400 g/mol. The summed E-state index contributed by atoms with van der Waals surface area (Å²) < 4.78 is 5.25. The number of aliphatic imine (C=N–C) groups is 1. The lowest BCUT2D eigenvalue weighted by Crippen LogP contribution is -2.19. The molecule has 2 N–H and O–H groups in total.